The number of aromatic nitrogens is 2. The van der Waals surface area contributed by atoms with Gasteiger partial charge in [0.05, 0.1) is 31.9 Å². The predicted molar refractivity (Wildman–Crippen MR) is 150 cm³/mol. The minimum Gasteiger partial charge on any atom is -1.00 e. The summed E-state index contributed by atoms with van der Waals surface area (Å²) in [6.45, 7) is 8.80. The Labute approximate surface area is 247 Å². The van der Waals surface area contributed by atoms with E-state index in [1.165, 1.54) is 87.9 Å². The fourth-order valence-electron chi connectivity index (χ4n) is 5.02. The van der Waals surface area contributed by atoms with Crippen LogP contribution >= 0.6 is 11.7 Å². The van der Waals surface area contributed by atoms with E-state index in [0.29, 0.717) is 23.4 Å². The van der Waals surface area contributed by atoms with Gasteiger partial charge in [-0.25, -0.2) is 0 Å². The van der Waals surface area contributed by atoms with Gasteiger partial charge in [-0.2, -0.15) is 4.37 Å². The summed E-state index contributed by atoms with van der Waals surface area (Å²) >= 11 is 1.22. The van der Waals surface area contributed by atoms with E-state index in [-0.39, 0.29) is 36.2 Å². The van der Waals surface area contributed by atoms with E-state index in [1.807, 2.05) is 6.92 Å². The molecule has 1 aliphatic rings. The third kappa shape index (κ3) is 12.8. The van der Waals surface area contributed by atoms with Crippen molar-refractivity contribution < 1.29 is 42.7 Å². The molecule has 1 aromatic heterocycles. The molecule has 2 rings (SSSR count). The maximum atomic E-state index is 12.3. The predicted octanol–water partition coefficient (Wildman–Crippen LogP) is 4.94. The van der Waals surface area contributed by atoms with Crippen molar-refractivity contribution in [1.82, 2.24) is 8.75 Å². The van der Waals surface area contributed by atoms with Gasteiger partial charge in [0.15, 0.2) is 0 Å². The lowest BCUT2D eigenvalue weighted by molar-refractivity contribution is -0.947. The van der Waals surface area contributed by atoms with Crippen molar-refractivity contribution in [2.75, 3.05) is 26.7 Å². The van der Waals surface area contributed by atoms with Crippen molar-refractivity contribution in [3.63, 3.8) is 0 Å². The van der Waals surface area contributed by atoms with Crippen LogP contribution in [0.25, 0.3) is 5.57 Å². The van der Waals surface area contributed by atoms with E-state index < -0.39 is 0 Å². The highest BCUT2D eigenvalue weighted by atomic mass is 127. The number of halogens is 1. The summed E-state index contributed by atoms with van der Waals surface area (Å²) in [6, 6.07) is 0. The van der Waals surface area contributed by atoms with Crippen LogP contribution in [-0.4, -0.2) is 52.2 Å². The SMILES string of the molecule is CCCCCCCCCCCC(OC(=O)CC)[N+]1(C)CCC=C(c2nsnc2OCCCCCC)C1.[I-]. The van der Waals surface area contributed by atoms with Gasteiger partial charge in [0.2, 0.25) is 6.23 Å². The minimum absolute atomic E-state index is 0. The number of unbranched alkanes of at least 4 members (excludes halogenated alkanes) is 11. The molecule has 0 amide bonds. The largest absolute Gasteiger partial charge is 1.00 e. The second-order valence-electron chi connectivity index (χ2n) is 10.6. The summed E-state index contributed by atoms with van der Waals surface area (Å²) in [5.74, 6) is 0.565. The van der Waals surface area contributed by atoms with Gasteiger partial charge in [0.1, 0.15) is 12.2 Å². The molecule has 0 N–H and O–H groups in total. The first-order valence-electron chi connectivity index (χ1n) is 14.7. The fourth-order valence-corrected chi connectivity index (χ4v) is 5.55. The van der Waals surface area contributed by atoms with Gasteiger partial charge >= 0.3 is 5.97 Å². The maximum absolute atomic E-state index is 12.3. The summed E-state index contributed by atoms with van der Waals surface area (Å²) in [7, 11) is 2.24. The zero-order valence-electron chi connectivity index (χ0n) is 23.9. The first-order valence-corrected chi connectivity index (χ1v) is 15.5. The second kappa shape index (κ2) is 20.2. The number of likely N-dealkylation sites (N-methyl/N-ethyl adjacent to an activating group) is 1. The van der Waals surface area contributed by atoms with Gasteiger partial charge in [-0.05, 0) is 12.8 Å². The van der Waals surface area contributed by atoms with E-state index in [1.54, 1.807) is 0 Å². The molecular formula is C29H52IN3O3S. The monoisotopic (exact) mass is 649 g/mol. The van der Waals surface area contributed by atoms with Crippen LogP contribution in [0.1, 0.15) is 129 Å². The molecule has 1 aliphatic heterocycles. The van der Waals surface area contributed by atoms with Crippen LogP contribution in [0.15, 0.2) is 6.08 Å². The number of ether oxygens (including phenoxy) is 2. The fraction of sp³-hybridized carbons (Fsp3) is 0.828. The van der Waals surface area contributed by atoms with Crippen LogP contribution in [-0.2, 0) is 9.53 Å². The van der Waals surface area contributed by atoms with E-state index in [4.69, 9.17) is 9.47 Å². The standard InChI is InChI=1S/C29H52N3O3S.HI/c1-5-8-10-12-13-14-15-16-17-21-26(35-27(33)7-3)32(4)22-19-20-25(24-32)28-29(31-36-30-28)34-23-18-11-9-6-2;/h20,26H,5-19,21-24H2,1-4H3;1H/q+1;/p-1. The Kier molecular flexibility index (Phi) is 18.7. The molecule has 214 valence electrons. The van der Waals surface area contributed by atoms with Crippen LogP contribution < -0.4 is 28.7 Å². The van der Waals surface area contributed by atoms with Gasteiger partial charge in [0, 0.05) is 24.8 Å². The molecule has 37 heavy (non-hydrogen) atoms. The molecular weight excluding hydrogens is 597 g/mol. The van der Waals surface area contributed by atoms with Gasteiger partial charge in [0.25, 0.3) is 5.88 Å². The minimum atomic E-state index is -0.115. The number of quaternary nitrogens is 1. The molecule has 0 fully saturated rings. The number of hydrogen-bond donors (Lipinski definition) is 0. The zero-order chi connectivity index (χ0) is 26.1. The first-order chi connectivity index (χ1) is 17.5. The maximum Gasteiger partial charge on any atom is 0.309 e. The Morgan fingerprint density at radius 2 is 1.57 bits per heavy atom. The van der Waals surface area contributed by atoms with Crippen molar-refractivity contribution in [3.8, 4) is 5.88 Å². The number of esters is 1. The summed E-state index contributed by atoms with van der Waals surface area (Å²) in [4.78, 5) is 12.3. The van der Waals surface area contributed by atoms with Crippen LogP contribution in [0, 0.1) is 0 Å². The van der Waals surface area contributed by atoms with Crippen molar-refractivity contribution in [2.45, 2.75) is 130 Å². The highest BCUT2D eigenvalue weighted by Gasteiger charge is 2.39. The quantitative estimate of drug-likeness (QED) is 0.0868. The van der Waals surface area contributed by atoms with Crippen LogP contribution in [0.2, 0.25) is 0 Å². The van der Waals surface area contributed by atoms with Crippen molar-refractivity contribution in [2.24, 2.45) is 0 Å². The Bertz CT molecular complexity index is 773. The average Bonchev–Trinajstić information content (AvgIpc) is 3.35. The topological polar surface area (TPSA) is 61.3 Å². The first kappa shape index (κ1) is 34.3. The Morgan fingerprint density at radius 3 is 2.22 bits per heavy atom. The number of nitrogens with zero attached hydrogens (tertiary/aromatic N) is 3. The molecule has 0 spiro atoms. The molecule has 0 bridgehead atoms. The smallest absolute Gasteiger partial charge is 0.309 e. The Balaban J connectivity index is 0.00000684. The van der Waals surface area contributed by atoms with Gasteiger partial charge in [-0.3, -0.25) is 9.28 Å². The second-order valence-corrected chi connectivity index (χ2v) is 11.1. The van der Waals surface area contributed by atoms with E-state index in [0.717, 1.165) is 44.5 Å². The molecule has 2 atom stereocenters. The van der Waals surface area contributed by atoms with Crippen LogP contribution in [0.4, 0.5) is 0 Å². The number of hydrogen-bond acceptors (Lipinski definition) is 6. The number of carbonyl (C=O) groups excluding carboxylic acids is 1. The third-order valence-corrected chi connectivity index (χ3v) is 7.88. The molecule has 2 heterocycles. The molecule has 6 nitrogen and oxygen atoms in total. The molecule has 0 saturated heterocycles. The molecule has 0 aliphatic carbocycles. The lowest BCUT2D eigenvalue weighted by atomic mass is 10.0. The number of carbonyl (C=O) groups is 1. The van der Waals surface area contributed by atoms with Crippen LogP contribution in [0.3, 0.4) is 0 Å². The van der Waals surface area contributed by atoms with Gasteiger partial charge in [-0.15, -0.1) is 4.37 Å². The summed E-state index contributed by atoms with van der Waals surface area (Å²) in [6.07, 6.45) is 20.8. The Morgan fingerprint density at radius 1 is 0.946 bits per heavy atom. The normalized spacial score (nSPS) is 18.1. The third-order valence-electron chi connectivity index (χ3n) is 7.37. The van der Waals surface area contributed by atoms with Crippen molar-refractivity contribution in [3.05, 3.63) is 11.8 Å². The van der Waals surface area contributed by atoms with Crippen LogP contribution in [0.5, 0.6) is 5.88 Å². The summed E-state index contributed by atoms with van der Waals surface area (Å²) in [5.41, 5.74) is 2.05. The molecule has 8 heteroatoms. The molecule has 0 radical (unpaired) electrons. The summed E-state index contributed by atoms with van der Waals surface area (Å²) in [5, 5.41) is 0. The van der Waals surface area contributed by atoms with E-state index in [9.17, 15) is 4.79 Å². The lowest BCUT2D eigenvalue weighted by Gasteiger charge is -2.42. The summed E-state index contributed by atoms with van der Waals surface area (Å²) < 4.78 is 21.8. The molecule has 0 saturated carbocycles. The van der Waals surface area contributed by atoms with E-state index in [2.05, 4.69) is 35.7 Å². The van der Waals surface area contributed by atoms with Crippen molar-refractivity contribution in [1.29, 1.82) is 0 Å². The molecule has 0 aromatic carbocycles. The zero-order valence-corrected chi connectivity index (χ0v) is 26.9. The average molecular weight is 650 g/mol. The van der Waals surface area contributed by atoms with Gasteiger partial charge in [-0.1, -0.05) is 97.5 Å². The molecule has 2 unspecified atom stereocenters. The molecule has 1 aromatic rings. The highest BCUT2D eigenvalue weighted by Crippen LogP contribution is 2.33. The van der Waals surface area contributed by atoms with Gasteiger partial charge < -0.3 is 33.5 Å². The number of rotatable bonds is 20. The highest BCUT2D eigenvalue weighted by molar-refractivity contribution is 6.99. The van der Waals surface area contributed by atoms with E-state index >= 15 is 0 Å². The van der Waals surface area contributed by atoms with Crippen molar-refractivity contribution >= 4 is 23.3 Å². The lowest BCUT2D eigenvalue weighted by Crippen LogP contribution is -3.00. The Hall–Kier alpha value is -0.740.